The van der Waals surface area contributed by atoms with E-state index < -0.39 is 16.2 Å². The first-order chi connectivity index (χ1) is 69.5. The molecule has 13 aliphatic carbocycles. The Morgan fingerprint density at radius 2 is 0.626 bits per heavy atom. The van der Waals surface area contributed by atoms with E-state index in [4.69, 9.17) is 17.9 Å². The van der Waals surface area contributed by atoms with Crippen molar-refractivity contribution in [1.82, 2.24) is 61.2 Å². The molecule has 4 atom stereocenters. The molecule has 0 saturated carbocycles. The van der Waals surface area contributed by atoms with Crippen LogP contribution in [0.2, 0.25) is 0 Å². The van der Waals surface area contributed by atoms with E-state index in [-0.39, 0.29) is 66.1 Å². The van der Waals surface area contributed by atoms with Gasteiger partial charge >= 0.3 is 0 Å². The van der Waals surface area contributed by atoms with Crippen molar-refractivity contribution in [3.05, 3.63) is 316 Å². The summed E-state index contributed by atoms with van der Waals surface area (Å²) in [6, 6.07) is 32.3. The molecule has 2 spiro atoms. The Balaban J connectivity index is 0.000000111. The number of aromatic amines is 6. The number of hydrogen-bond acceptors (Lipinski definition) is 13. The van der Waals surface area contributed by atoms with E-state index >= 15 is 0 Å². The molecule has 0 bridgehead atoms. The minimum atomic E-state index is -0.561. The van der Waals surface area contributed by atoms with Crippen LogP contribution in [-0.2, 0) is 106 Å². The zero-order valence-corrected chi connectivity index (χ0v) is 91.5. The summed E-state index contributed by atoms with van der Waals surface area (Å²) in [7, 11) is 0. The summed E-state index contributed by atoms with van der Waals surface area (Å²) < 4.78 is 6.09. The third kappa shape index (κ3) is 17.2. The number of fused-ring (bicyclic) bond motifs is 14. The van der Waals surface area contributed by atoms with Gasteiger partial charge in [0.1, 0.15) is 12.4 Å². The van der Waals surface area contributed by atoms with Gasteiger partial charge in [-0.1, -0.05) is 248 Å². The number of ether oxygens (including phenoxy) is 1. The number of carbonyl (C=O) groups excluding carboxylic acids is 6. The maximum atomic E-state index is 13.5. The van der Waals surface area contributed by atoms with E-state index in [2.05, 4.69) is 254 Å². The van der Waals surface area contributed by atoms with Crippen LogP contribution in [0, 0.1) is 87.2 Å². The topological polar surface area (TPSA) is 292 Å². The quantitative estimate of drug-likeness (QED) is 0.0773. The minimum Gasteiger partial charge on any atom is -0.492 e. The van der Waals surface area contributed by atoms with E-state index in [1.165, 1.54) is 72.6 Å². The Bertz CT molecular complexity index is 7270. The van der Waals surface area contributed by atoms with E-state index in [0.717, 1.165) is 264 Å². The standard InChI is InChI=1S/C23H26N2O.2C22H23N3O.C21H22N2O2.C20H30N2O.C18H26N2O/c1-14-20-18(25-24-14)11-16-12-22(2,3)13-19(26)21(16)23(20)10-6-8-15-7-4-5-9-17(15)23;2*1-13-19-17(25-24-13)9-14-11-21(2,3)12-18(26)20(14)22(19,4)15-7-6-8-16(10-15)23-5;1-12-18-15(23-22-12)8-13-9-20(2,3)10-16(24)19(13)21(18)11-25-17-7-5-4-6-14(17)21;1-6-8-20(9-7-2)17-13(3)21-22-15(17)10-14-11-19(4,5)12-16(23)18(14)20;1-6-18(7-2)15-11(3)19-20-13(15)8-12-9-17(4,5)10-14(21)16(12)18/h4-5,7,9H,6,8,10-13H2,1-3H3,(H,24,25);2*6-8,10H,9,11-12H2,1-4H3,(H,24,25);4-7H,8-11H2,1-3H3,(H,22,23);6-12H2,1-5H3,(H,21,22);6-10H2,1-5H3,(H,19,20)/t;2*22-;;;/m.10.../s1. The third-order valence-electron chi connectivity index (χ3n) is 35.8. The minimum absolute atomic E-state index is 0.0128. The number of H-pyrrole nitrogens is 6. The molecule has 0 saturated heterocycles. The van der Waals surface area contributed by atoms with E-state index in [1.807, 2.05) is 80.6 Å². The first kappa shape index (κ1) is 103. The molecule has 21 heteroatoms. The molecule has 0 fully saturated rings. The van der Waals surface area contributed by atoms with Gasteiger partial charge in [0.25, 0.3) is 0 Å². The maximum Gasteiger partial charge on any atom is 0.187 e. The number of Topliss-reactive ketones (excluding diaryl/α,β-unsaturated/α-hetero) is 6. The van der Waals surface area contributed by atoms with Crippen LogP contribution in [-0.4, -0.2) is 102 Å². The summed E-state index contributed by atoms with van der Waals surface area (Å²) in [6.45, 7) is 67.1. The molecule has 6 aromatic heterocycles. The van der Waals surface area contributed by atoms with Crippen LogP contribution in [0.1, 0.15) is 383 Å². The van der Waals surface area contributed by atoms with Gasteiger partial charge in [-0.05, 0) is 200 Å². The highest BCUT2D eigenvalue weighted by molar-refractivity contribution is 6.06. The van der Waals surface area contributed by atoms with Crippen molar-refractivity contribution in [3.63, 3.8) is 0 Å². The summed E-state index contributed by atoms with van der Waals surface area (Å²) in [5, 5.41) is 46.5. The summed E-state index contributed by atoms with van der Waals surface area (Å²) >= 11 is 0. The van der Waals surface area contributed by atoms with Gasteiger partial charge < -0.3 is 4.74 Å². The van der Waals surface area contributed by atoms with Crippen LogP contribution in [0.25, 0.3) is 9.69 Å². The number of allylic oxidation sites excluding steroid dienone is 11. The number of nitrogens with one attached hydrogen (secondary N) is 6. The predicted octanol–water partition coefficient (Wildman–Crippen LogP) is 26.7. The monoisotopic (exact) mass is 1970 g/mol. The number of benzene rings is 4. The second-order valence-electron chi connectivity index (χ2n) is 50.7. The largest absolute Gasteiger partial charge is 0.492 e. The molecule has 0 amide bonds. The highest BCUT2D eigenvalue weighted by Crippen LogP contribution is 2.64. The van der Waals surface area contributed by atoms with Gasteiger partial charge in [-0.2, -0.15) is 30.6 Å². The Kier molecular flexibility index (Phi) is 26.1. The van der Waals surface area contributed by atoms with Crippen molar-refractivity contribution in [2.75, 3.05) is 6.61 Å². The average Bonchev–Trinajstić information content (AvgIpc) is 1.53. The van der Waals surface area contributed by atoms with Gasteiger partial charge in [0.15, 0.2) is 46.1 Å². The smallest absolute Gasteiger partial charge is 0.187 e. The fraction of sp³-hybridized carbons (Fsp3) is 0.508. The number of aryl methyl sites for hydroxylation is 7. The molecule has 6 N–H and O–H groups in total. The van der Waals surface area contributed by atoms with Crippen molar-refractivity contribution in [2.24, 2.45) is 32.5 Å². The number of carbonyl (C=O) groups is 6. The summed E-state index contributed by atoms with van der Waals surface area (Å²) in [5.74, 6) is 2.76. The fourth-order valence-electron chi connectivity index (χ4n) is 31.3. The van der Waals surface area contributed by atoms with Crippen LogP contribution in [0.5, 0.6) is 5.75 Å². The van der Waals surface area contributed by atoms with Gasteiger partial charge in [-0.3, -0.25) is 59.4 Å². The van der Waals surface area contributed by atoms with E-state index in [0.29, 0.717) is 73.9 Å². The van der Waals surface area contributed by atoms with Crippen molar-refractivity contribution in [3.8, 4) is 5.75 Å². The first-order valence-corrected chi connectivity index (χ1v) is 54.1. The molecule has 0 radical (unpaired) electrons. The van der Waals surface area contributed by atoms with Gasteiger partial charge in [-0.25, -0.2) is 9.69 Å². The molecule has 14 aliphatic rings. The molecule has 24 rings (SSSR count). The number of rotatable bonds is 8. The molecule has 2 unspecified atom stereocenters. The van der Waals surface area contributed by atoms with Crippen LogP contribution < -0.4 is 4.74 Å². The molecular weight excluding hydrogens is 1820 g/mol. The number of aromatic nitrogens is 12. The number of nitrogens with zero attached hydrogens (tertiary/aromatic N) is 8. The normalized spacial score (nSPS) is 24.4. The first-order valence-electron chi connectivity index (χ1n) is 54.1. The molecule has 766 valence electrons. The zero-order chi connectivity index (χ0) is 105. The SMILES string of the molecule is CCC1(CC)C2=C(Cc3n[nH]c(C)c31)CC(C)(C)CC2=O.CCCC1(CCC)C2=C(Cc3n[nH]c(C)c31)CC(C)(C)CC2=O.Cc1[nH]nc2c1C1(CCCc3ccccc31)C1=C(C2)CC(C)(C)CC1=O.Cc1[nH]nc2c1C1(COc3ccccc31)C1=C(C2)CC(C)(C)CC1=O.[C-]#[N+]c1cccc([C@@]2(C)C3=C(Cc4n[nH]c(C)c42)CC(C)(C)CC3=O)c1.[C-]#[N+]c1cccc([C@]2(C)C3=C(Cc4n[nH]c(C)c42)CC(C)(C)CC3=O)c1. The van der Waals surface area contributed by atoms with Crippen LogP contribution >= 0.6 is 0 Å². The third-order valence-corrected chi connectivity index (χ3v) is 35.8. The lowest BCUT2D eigenvalue weighted by Gasteiger charge is -2.48. The lowest BCUT2D eigenvalue weighted by Crippen LogP contribution is -2.44. The van der Waals surface area contributed by atoms with E-state index in [1.54, 1.807) is 0 Å². The van der Waals surface area contributed by atoms with Crippen LogP contribution in [0.15, 0.2) is 164 Å². The summed E-state index contributed by atoms with van der Waals surface area (Å²) in [6.07, 6.45) is 23.9. The van der Waals surface area contributed by atoms with Crippen molar-refractivity contribution < 1.29 is 33.5 Å². The lowest BCUT2D eigenvalue weighted by molar-refractivity contribution is -0.120. The number of para-hydroxylation sites is 1. The Morgan fingerprint density at radius 3 is 1.01 bits per heavy atom. The van der Waals surface area contributed by atoms with Gasteiger partial charge in [0, 0.05) is 205 Å². The number of ketones is 6. The molecule has 147 heavy (non-hydrogen) atoms. The van der Waals surface area contributed by atoms with Crippen molar-refractivity contribution in [1.29, 1.82) is 0 Å². The highest BCUT2D eigenvalue weighted by Gasteiger charge is 2.60. The summed E-state index contributed by atoms with van der Waals surface area (Å²) in [5.41, 5.74) is 39.5. The Labute approximate surface area is 868 Å². The fourth-order valence-corrected chi connectivity index (χ4v) is 31.3. The van der Waals surface area contributed by atoms with Crippen LogP contribution in [0.4, 0.5) is 11.4 Å². The van der Waals surface area contributed by atoms with E-state index in [9.17, 15) is 28.8 Å². The number of hydrogen-bond donors (Lipinski definition) is 6. The second kappa shape index (κ2) is 37.3. The maximum absolute atomic E-state index is 13.5. The second-order valence-corrected chi connectivity index (χ2v) is 50.7. The molecule has 21 nitrogen and oxygen atoms in total. The Morgan fingerprint density at radius 1 is 0.327 bits per heavy atom. The average molecular weight is 1970 g/mol. The lowest BCUT2D eigenvalue weighted by atomic mass is 9.54. The van der Waals surface area contributed by atoms with Gasteiger partial charge in [-0.15, -0.1) is 0 Å². The highest BCUT2D eigenvalue weighted by atomic mass is 16.5. The zero-order valence-electron chi connectivity index (χ0n) is 91.5. The van der Waals surface area contributed by atoms with Gasteiger partial charge in [0.05, 0.1) is 58.1 Å². The molecular formula is C126H150N14O7. The van der Waals surface area contributed by atoms with Crippen LogP contribution in [0.3, 0.4) is 0 Å². The molecule has 1 aliphatic heterocycles. The van der Waals surface area contributed by atoms with Crippen molar-refractivity contribution >= 4 is 46.1 Å². The Hall–Kier alpha value is -12.6. The summed E-state index contributed by atoms with van der Waals surface area (Å²) in [4.78, 5) is 86.6. The predicted molar refractivity (Wildman–Crippen MR) is 577 cm³/mol. The molecule has 10 aromatic rings. The molecule has 4 aromatic carbocycles. The van der Waals surface area contributed by atoms with Crippen molar-refractivity contribution in [2.45, 2.75) is 372 Å². The van der Waals surface area contributed by atoms with Gasteiger partial charge in [0.2, 0.25) is 0 Å². The molecule has 7 heterocycles.